The third-order valence-corrected chi connectivity index (χ3v) is 4.99. The number of hydrogen-bond acceptors (Lipinski definition) is 6. The molecule has 0 unspecified atom stereocenters. The molecule has 1 aromatic rings. The Morgan fingerprint density at radius 1 is 1.25 bits per heavy atom. The molecule has 0 N–H and O–H groups in total. The lowest BCUT2D eigenvalue weighted by molar-refractivity contribution is -0.139. The summed E-state index contributed by atoms with van der Waals surface area (Å²) in [5, 5.41) is 0. The fourth-order valence-corrected chi connectivity index (χ4v) is 3.18. The van der Waals surface area contributed by atoms with Crippen LogP contribution < -0.4 is 4.74 Å². The monoisotopic (exact) mass is 419 g/mol. The maximum atomic E-state index is 13.3. The van der Waals surface area contributed by atoms with Gasteiger partial charge in [-0.05, 0) is 43.9 Å². The zero-order chi connectivity index (χ0) is 21.0. The molecule has 0 atom stereocenters. The molecule has 0 bridgehead atoms. The predicted octanol–water partition coefficient (Wildman–Crippen LogP) is 3.12. The number of carbonyl (C=O) groups is 1. The number of alkyl halides is 3. The molecular formula is C18H18F3O6S-. The lowest BCUT2D eigenvalue weighted by atomic mass is 9.85. The van der Waals surface area contributed by atoms with Crippen LogP contribution in [0.5, 0.6) is 5.75 Å². The first-order valence-corrected chi connectivity index (χ1v) is 10.0. The van der Waals surface area contributed by atoms with E-state index in [0.29, 0.717) is 31.7 Å². The summed E-state index contributed by atoms with van der Waals surface area (Å²) in [5.41, 5.74) is -2.57. The topological polar surface area (TPSA) is 92.7 Å². The Labute approximate surface area is 160 Å². The minimum absolute atomic E-state index is 0.283. The van der Waals surface area contributed by atoms with Crippen LogP contribution in [0.3, 0.4) is 0 Å². The number of benzene rings is 1. The smallest absolute Gasteiger partial charge is 0.419 e. The van der Waals surface area contributed by atoms with Gasteiger partial charge >= 0.3 is 12.1 Å². The number of esters is 1. The standard InChI is InChI=1S/C18H19F3O6S/c1-2-17(8-4-3-5-9-17)27-15-12-13(6-7-14(15)18(19,20)21)16(22)26-10-11-28(23,24)25/h1,6-7,12H,3-5,8-11H2,(H,23,24,25)/p-1. The molecule has 1 aliphatic rings. The summed E-state index contributed by atoms with van der Waals surface area (Å²) in [7, 11) is -4.59. The van der Waals surface area contributed by atoms with Crippen molar-refractivity contribution in [1.29, 1.82) is 0 Å². The van der Waals surface area contributed by atoms with Crippen molar-refractivity contribution in [2.24, 2.45) is 0 Å². The van der Waals surface area contributed by atoms with E-state index in [-0.39, 0.29) is 5.56 Å². The average molecular weight is 419 g/mol. The molecule has 0 amide bonds. The van der Waals surface area contributed by atoms with E-state index in [1.807, 2.05) is 0 Å². The number of ether oxygens (including phenoxy) is 2. The van der Waals surface area contributed by atoms with Gasteiger partial charge in [0, 0.05) is 0 Å². The fraction of sp³-hybridized carbons (Fsp3) is 0.500. The molecule has 0 aromatic heterocycles. The molecule has 1 aromatic carbocycles. The SMILES string of the molecule is C#CC1(Oc2cc(C(=O)OCCS(=O)(=O)[O-])ccc2C(F)(F)F)CCCCC1. The van der Waals surface area contributed by atoms with Gasteiger partial charge in [-0.15, -0.1) is 6.42 Å². The number of carbonyl (C=O) groups excluding carboxylic acids is 1. The molecule has 6 nitrogen and oxygen atoms in total. The molecule has 2 rings (SSSR count). The number of halogens is 3. The van der Waals surface area contributed by atoms with Crippen molar-refractivity contribution in [2.75, 3.05) is 12.4 Å². The highest BCUT2D eigenvalue weighted by molar-refractivity contribution is 7.85. The van der Waals surface area contributed by atoms with E-state index in [0.717, 1.165) is 18.6 Å². The molecule has 1 fully saturated rings. The largest absolute Gasteiger partial charge is 0.748 e. The lowest BCUT2D eigenvalue weighted by Crippen LogP contribution is -2.37. The van der Waals surface area contributed by atoms with Crippen LogP contribution in [0.1, 0.15) is 48.0 Å². The summed E-state index contributed by atoms with van der Waals surface area (Å²) < 4.78 is 81.9. The van der Waals surface area contributed by atoms with Crippen LogP contribution in [0.2, 0.25) is 0 Å². The zero-order valence-corrected chi connectivity index (χ0v) is 15.6. The number of hydrogen-bond donors (Lipinski definition) is 0. The van der Waals surface area contributed by atoms with E-state index in [1.165, 1.54) is 0 Å². The second kappa shape index (κ2) is 8.41. The molecule has 10 heteroatoms. The first kappa shape index (κ1) is 22.0. The van der Waals surface area contributed by atoms with Crippen molar-refractivity contribution >= 4 is 16.1 Å². The highest BCUT2D eigenvalue weighted by Gasteiger charge is 2.39. The molecule has 1 saturated carbocycles. The average Bonchev–Trinajstić information content (AvgIpc) is 2.60. The van der Waals surface area contributed by atoms with Gasteiger partial charge in [0.15, 0.2) is 5.60 Å². The van der Waals surface area contributed by atoms with Crippen molar-refractivity contribution in [3.63, 3.8) is 0 Å². The van der Waals surface area contributed by atoms with E-state index < -0.39 is 51.5 Å². The normalized spacial score (nSPS) is 16.8. The van der Waals surface area contributed by atoms with Gasteiger partial charge < -0.3 is 14.0 Å². The number of rotatable bonds is 6. The van der Waals surface area contributed by atoms with Crippen molar-refractivity contribution in [1.82, 2.24) is 0 Å². The van der Waals surface area contributed by atoms with Crippen LogP contribution in [0.15, 0.2) is 18.2 Å². The zero-order valence-electron chi connectivity index (χ0n) is 14.8. The number of terminal acetylenes is 1. The highest BCUT2D eigenvalue weighted by Crippen LogP contribution is 2.40. The van der Waals surface area contributed by atoms with Crippen LogP contribution >= 0.6 is 0 Å². The van der Waals surface area contributed by atoms with Gasteiger partial charge in [0.2, 0.25) is 0 Å². The quantitative estimate of drug-likeness (QED) is 0.400. The second-order valence-corrected chi connectivity index (χ2v) is 7.93. The maximum absolute atomic E-state index is 13.3. The van der Waals surface area contributed by atoms with E-state index in [9.17, 15) is 30.9 Å². The summed E-state index contributed by atoms with van der Waals surface area (Å²) in [5.74, 6) is -0.186. The summed E-state index contributed by atoms with van der Waals surface area (Å²) in [6.45, 7) is -0.712. The first-order valence-electron chi connectivity index (χ1n) is 8.44. The molecule has 1 aliphatic carbocycles. The summed E-state index contributed by atoms with van der Waals surface area (Å²) in [4.78, 5) is 12.0. The molecule has 0 spiro atoms. The highest BCUT2D eigenvalue weighted by atomic mass is 32.2. The third kappa shape index (κ3) is 5.87. The van der Waals surface area contributed by atoms with Crippen molar-refractivity contribution in [2.45, 2.75) is 43.9 Å². The van der Waals surface area contributed by atoms with Gasteiger partial charge in [-0.25, -0.2) is 13.2 Å². The van der Waals surface area contributed by atoms with Gasteiger partial charge in [-0.2, -0.15) is 13.2 Å². The Kier molecular flexibility index (Phi) is 6.62. The van der Waals surface area contributed by atoms with E-state index >= 15 is 0 Å². The summed E-state index contributed by atoms with van der Waals surface area (Å²) >= 11 is 0. The Morgan fingerprint density at radius 2 is 1.89 bits per heavy atom. The Balaban J connectivity index is 2.30. The predicted molar refractivity (Wildman–Crippen MR) is 91.6 cm³/mol. The first-order chi connectivity index (χ1) is 13.0. The van der Waals surface area contributed by atoms with Crippen molar-refractivity contribution < 1.29 is 40.4 Å². The van der Waals surface area contributed by atoms with Gasteiger partial charge in [-0.3, -0.25) is 0 Å². The molecule has 0 heterocycles. The van der Waals surface area contributed by atoms with Crippen LogP contribution in [0.25, 0.3) is 0 Å². The molecule has 0 radical (unpaired) electrons. The Hall–Kier alpha value is -2.25. The second-order valence-electron chi connectivity index (χ2n) is 6.41. The van der Waals surface area contributed by atoms with Gasteiger partial charge in [0.1, 0.15) is 12.4 Å². The Morgan fingerprint density at radius 3 is 2.43 bits per heavy atom. The minimum Gasteiger partial charge on any atom is -0.748 e. The van der Waals surface area contributed by atoms with Crippen molar-refractivity contribution in [3.8, 4) is 18.1 Å². The van der Waals surface area contributed by atoms with Crippen LogP contribution in [0, 0.1) is 12.3 Å². The third-order valence-electron chi connectivity index (χ3n) is 4.32. The molecule has 0 aliphatic heterocycles. The van der Waals surface area contributed by atoms with Gasteiger partial charge in [-0.1, -0.05) is 12.3 Å². The maximum Gasteiger partial charge on any atom is 0.419 e. The van der Waals surface area contributed by atoms with E-state index in [4.69, 9.17) is 11.2 Å². The Bertz CT molecular complexity index is 864. The minimum atomic E-state index is -4.74. The van der Waals surface area contributed by atoms with Crippen molar-refractivity contribution in [3.05, 3.63) is 29.3 Å². The van der Waals surface area contributed by atoms with Crippen LogP contribution in [-0.4, -0.2) is 36.9 Å². The van der Waals surface area contributed by atoms with Gasteiger partial charge in [0.05, 0.1) is 27.0 Å². The van der Waals surface area contributed by atoms with Crippen LogP contribution in [0.4, 0.5) is 13.2 Å². The van der Waals surface area contributed by atoms with E-state index in [1.54, 1.807) is 0 Å². The molecular weight excluding hydrogens is 401 g/mol. The molecule has 154 valence electrons. The van der Waals surface area contributed by atoms with Crippen LogP contribution in [-0.2, 0) is 21.0 Å². The van der Waals surface area contributed by atoms with Gasteiger partial charge in [0.25, 0.3) is 0 Å². The molecule has 28 heavy (non-hydrogen) atoms. The van der Waals surface area contributed by atoms with E-state index in [2.05, 4.69) is 10.7 Å². The summed E-state index contributed by atoms with van der Waals surface area (Å²) in [6.07, 6.45) is 3.86. The lowest BCUT2D eigenvalue weighted by Gasteiger charge is -2.34. The summed E-state index contributed by atoms with van der Waals surface area (Å²) in [6, 6.07) is 2.42. The molecule has 0 saturated heterocycles. The fourth-order valence-electron chi connectivity index (χ4n) is 2.90.